The number of aromatic nitrogens is 2. The average Bonchev–Trinajstić information content (AvgIpc) is 3.38. The summed E-state index contributed by atoms with van der Waals surface area (Å²) in [6, 6.07) is 18.9. The second-order valence-corrected chi connectivity index (χ2v) is 11.0. The minimum absolute atomic E-state index is 0.00314. The number of nitrogens with zero attached hydrogens (tertiary/aromatic N) is 3. The Bertz CT molecular complexity index is 1490. The zero-order valence-corrected chi connectivity index (χ0v) is 20.6. The Morgan fingerprint density at radius 2 is 1.69 bits per heavy atom. The highest BCUT2D eigenvalue weighted by Crippen LogP contribution is 2.28. The standard InChI is InChI=1S/C28H27N3O4S/c32-15-12-25-2-1-14-31(25)36(34,35)19-20-3-5-21(6-4-20)22-7-9-23(10-8-22)28-16-24(18-33)26-17-29-13-11-27(26)30-28/h3-11,13,16-18,25,32H,1-2,12,14-15,19H2/t25-/m1/s1. The van der Waals surface area contributed by atoms with E-state index in [1.165, 1.54) is 0 Å². The summed E-state index contributed by atoms with van der Waals surface area (Å²) in [6.07, 6.45) is 6.24. The summed E-state index contributed by atoms with van der Waals surface area (Å²) < 4.78 is 27.5. The van der Waals surface area contributed by atoms with E-state index in [0.717, 1.165) is 52.3 Å². The van der Waals surface area contributed by atoms with E-state index in [2.05, 4.69) is 9.97 Å². The maximum atomic E-state index is 13.0. The van der Waals surface area contributed by atoms with Gasteiger partial charge in [-0.1, -0.05) is 48.5 Å². The number of sulfonamides is 1. The van der Waals surface area contributed by atoms with Crippen LogP contribution in [0.5, 0.6) is 0 Å². The van der Waals surface area contributed by atoms with Crippen LogP contribution in [-0.4, -0.2) is 53.3 Å². The van der Waals surface area contributed by atoms with Gasteiger partial charge in [-0.05, 0) is 48.1 Å². The second kappa shape index (κ2) is 10.3. The molecule has 0 unspecified atom stereocenters. The third kappa shape index (κ3) is 4.93. The fourth-order valence-electron chi connectivity index (χ4n) is 4.87. The molecule has 1 saturated heterocycles. The first kappa shape index (κ1) is 24.2. The van der Waals surface area contributed by atoms with Crippen LogP contribution in [-0.2, 0) is 15.8 Å². The Labute approximate surface area is 210 Å². The van der Waals surface area contributed by atoms with E-state index in [4.69, 9.17) is 0 Å². The zero-order chi connectivity index (χ0) is 25.1. The first-order valence-corrected chi connectivity index (χ1v) is 13.6. The van der Waals surface area contributed by atoms with Crippen LogP contribution in [0, 0.1) is 0 Å². The van der Waals surface area contributed by atoms with Crippen molar-refractivity contribution in [2.75, 3.05) is 13.2 Å². The Kier molecular flexibility index (Phi) is 6.91. The number of rotatable bonds is 8. The molecule has 2 aromatic carbocycles. The largest absolute Gasteiger partial charge is 0.396 e. The van der Waals surface area contributed by atoms with Crippen molar-refractivity contribution >= 4 is 27.2 Å². The van der Waals surface area contributed by atoms with Crippen molar-refractivity contribution < 1.29 is 18.3 Å². The summed E-state index contributed by atoms with van der Waals surface area (Å²) in [7, 11) is -3.43. The van der Waals surface area contributed by atoms with E-state index in [1.54, 1.807) is 28.8 Å². The Balaban J connectivity index is 1.33. The van der Waals surface area contributed by atoms with Crippen LogP contribution in [0.4, 0.5) is 0 Å². The number of carbonyl (C=O) groups excluding carboxylic acids is 1. The van der Waals surface area contributed by atoms with Gasteiger partial charge in [0.2, 0.25) is 10.0 Å². The van der Waals surface area contributed by atoms with Gasteiger partial charge in [-0.2, -0.15) is 4.31 Å². The molecule has 1 aliphatic heterocycles. The molecule has 8 heteroatoms. The lowest BCUT2D eigenvalue weighted by Gasteiger charge is -2.23. The maximum absolute atomic E-state index is 13.0. The number of hydrogen-bond donors (Lipinski definition) is 1. The van der Waals surface area contributed by atoms with Gasteiger partial charge in [0.05, 0.1) is 17.0 Å². The summed E-state index contributed by atoms with van der Waals surface area (Å²) >= 11 is 0. The van der Waals surface area contributed by atoms with Crippen LogP contribution >= 0.6 is 0 Å². The monoisotopic (exact) mass is 501 g/mol. The highest BCUT2D eigenvalue weighted by molar-refractivity contribution is 7.88. The first-order chi connectivity index (χ1) is 17.5. The number of aliphatic hydroxyl groups excluding tert-OH is 1. The van der Waals surface area contributed by atoms with Crippen molar-refractivity contribution in [1.82, 2.24) is 14.3 Å². The third-order valence-electron chi connectivity index (χ3n) is 6.73. The van der Waals surface area contributed by atoms with Crippen LogP contribution in [0.1, 0.15) is 35.2 Å². The molecule has 0 bridgehead atoms. The lowest BCUT2D eigenvalue weighted by atomic mass is 10.0. The van der Waals surface area contributed by atoms with Crippen molar-refractivity contribution in [2.24, 2.45) is 0 Å². The van der Waals surface area contributed by atoms with Crippen molar-refractivity contribution in [1.29, 1.82) is 0 Å². The summed E-state index contributed by atoms with van der Waals surface area (Å²) in [5, 5.41) is 9.97. The van der Waals surface area contributed by atoms with E-state index in [1.807, 2.05) is 48.5 Å². The molecule has 3 heterocycles. The summed E-state index contributed by atoms with van der Waals surface area (Å²) in [4.78, 5) is 20.3. The second-order valence-electron chi connectivity index (χ2n) is 9.06. The molecule has 7 nitrogen and oxygen atoms in total. The fourth-order valence-corrected chi connectivity index (χ4v) is 6.72. The van der Waals surface area contributed by atoms with Crippen LogP contribution in [0.3, 0.4) is 0 Å². The number of carbonyl (C=O) groups is 1. The van der Waals surface area contributed by atoms with Gasteiger partial charge in [0.15, 0.2) is 6.29 Å². The van der Waals surface area contributed by atoms with Gasteiger partial charge < -0.3 is 5.11 Å². The highest BCUT2D eigenvalue weighted by atomic mass is 32.2. The van der Waals surface area contributed by atoms with Gasteiger partial charge >= 0.3 is 0 Å². The van der Waals surface area contributed by atoms with E-state index >= 15 is 0 Å². The molecule has 4 aromatic rings. The van der Waals surface area contributed by atoms with Gasteiger partial charge in [-0.15, -0.1) is 0 Å². The minimum Gasteiger partial charge on any atom is -0.396 e. The average molecular weight is 502 g/mol. The number of aldehydes is 1. The van der Waals surface area contributed by atoms with Gasteiger partial charge in [0.1, 0.15) is 0 Å². The molecule has 0 spiro atoms. The zero-order valence-electron chi connectivity index (χ0n) is 19.7. The molecule has 36 heavy (non-hydrogen) atoms. The number of aliphatic hydroxyl groups is 1. The summed E-state index contributed by atoms with van der Waals surface area (Å²) in [6.45, 7) is 0.519. The van der Waals surface area contributed by atoms with Crippen LogP contribution in [0.25, 0.3) is 33.3 Å². The molecule has 1 N–H and O–H groups in total. The Morgan fingerprint density at radius 1 is 1.00 bits per heavy atom. The molecule has 0 saturated carbocycles. The molecule has 0 radical (unpaired) electrons. The van der Waals surface area contributed by atoms with Crippen molar-refractivity contribution in [3.63, 3.8) is 0 Å². The van der Waals surface area contributed by atoms with E-state index in [9.17, 15) is 18.3 Å². The maximum Gasteiger partial charge on any atom is 0.218 e. The van der Waals surface area contributed by atoms with E-state index in [-0.39, 0.29) is 18.4 Å². The lowest BCUT2D eigenvalue weighted by Crippen LogP contribution is -2.36. The third-order valence-corrected chi connectivity index (χ3v) is 8.62. The number of pyridine rings is 2. The number of hydrogen-bond acceptors (Lipinski definition) is 6. The SMILES string of the molecule is O=Cc1cc(-c2ccc(-c3ccc(CS(=O)(=O)N4CCC[C@@H]4CCO)cc3)cc2)nc2ccncc12. The Morgan fingerprint density at radius 3 is 2.39 bits per heavy atom. The molecular weight excluding hydrogens is 474 g/mol. The highest BCUT2D eigenvalue weighted by Gasteiger charge is 2.33. The normalized spacial score (nSPS) is 16.4. The topological polar surface area (TPSA) is 100 Å². The molecule has 1 atom stereocenters. The van der Waals surface area contributed by atoms with Gasteiger partial charge in [-0.3, -0.25) is 9.78 Å². The van der Waals surface area contributed by atoms with Crippen molar-refractivity contribution in [2.45, 2.75) is 31.1 Å². The predicted molar refractivity (Wildman–Crippen MR) is 140 cm³/mol. The Hall–Kier alpha value is -3.46. The van der Waals surface area contributed by atoms with Crippen LogP contribution in [0.15, 0.2) is 73.1 Å². The molecule has 184 valence electrons. The summed E-state index contributed by atoms with van der Waals surface area (Å²) in [5.41, 5.74) is 5.59. The fraction of sp³-hybridized carbons (Fsp3) is 0.250. The van der Waals surface area contributed by atoms with Gasteiger partial charge in [0.25, 0.3) is 0 Å². The van der Waals surface area contributed by atoms with Crippen molar-refractivity contribution in [3.05, 3.63) is 84.2 Å². The molecule has 0 amide bonds. The lowest BCUT2D eigenvalue weighted by molar-refractivity contribution is 0.112. The minimum atomic E-state index is -3.43. The van der Waals surface area contributed by atoms with Crippen molar-refractivity contribution in [3.8, 4) is 22.4 Å². The van der Waals surface area contributed by atoms with Gasteiger partial charge in [0, 0.05) is 48.1 Å². The van der Waals surface area contributed by atoms with Crippen LogP contribution < -0.4 is 0 Å². The quantitative estimate of drug-likeness (QED) is 0.358. The summed E-state index contributed by atoms with van der Waals surface area (Å²) in [5.74, 6) is -0.0453. The van der Waals surface area contributed by atoms with E-state index < -0.39 is 10.0 Å². The molecule has 2 aromatic heterocycles. The molecule has 0 aliphatic carbocycles. The number of fused-ring (bicyclic) bond motifs is 1. The van der Waals surface area contributed by atoms with Gasteiger partial charge in [-0.25, -0.2) is 13.4 Å². The van der Waals surface area contributed by atoms with Crippen LogP contribution in [0.2, 0.25) is 0 Å². The first-order valence-electron chi connectivity index (χ1n) is 12.0. The van der Waals surface area contributed by atoms with E-state index in [0.29, 0.717) is 24.2 Å². The molecule has 5 rings (SSSR count). The molecular formula is C28H27N3O4S. The predicted octanol–water partition coefficient (Wildman–Crippen LogP) is 4.45. The smallest absolute Gasteiger partial charge is 0.218 e. The number of benzene rings is 2. The molecule has 1 aliphatic rings. The molecule has 1 fully saturated rings.